The minimum Gasteiger partial charge on any atom is -0.310 e. The lowest BCUT2D eigenvalue weighted by molar-refractivity contribution is 0.645. The lowest BCUT2D eigenvalue weighted by Crippen LogP contribution is -2.13. The van der Waals surface area contributed by atoms with Gasteiger partial charge in [0.25, 0.3) is 0 Å². The Bertz CT molecular complexity index is 308. The summed E-state index contributed by atoms with van der Waals surface area (Å²) in [7, 11) is 0. The van der Waals surface area contributed by atoms with Gasteiger partial charge >= 0.3 is 0 Å². The summed E-state index contributed by atoms with van der Waals surface area (Å²) in [6.45, 7) is 1.06. The molecule has 0 spiro atoms. The van der Waals surface area contributed by atoms with E-state index in [1.807, 2.05) is 0 Å². The van der Waals surface area contributed by atoms with E-state index in [0.717, 1.165) is 18.5 Å². The highest BCUT2D eigenvalue weighted by atomic mass is 35.5. The van der Waals surface area contributed by atoms with Crippen molar-refractivity contribution in [1.82, 2.24) is 10.3 Å². The van der Waals surface area contributed by atoms with Gasteiger partial charge in [-0.25, -0.2) is 4.98 Å². The zero-order chi connectivity index (χ0) is 9.26. The Morgan fingerprint density at radius 1 is 1.46 bits per heavy atom. The fourth-order valence-electron chi connectivity index (χ4n) is 1.62. The molecule has 4 heteroatoms. The lowest BCUT2D eigenvalue weighted by Gasteiger charge is -2.11. The number of hydrogen-bond acceptors (Lipinski definition) is 2. The van der Waals surface area contributed by atoms with Crippen LogP contribution in [0.15, 0.2) is 12.3 Å². The van der Waals surface area contributed by atoms with Crippen LogP contribution in [-0.4, -0.2) is 11.5 Å². The van der Waals surface area contributed by atoms with Gasteiger partial charge in [-0.3, -0.25) is 0 Å². The molecular weight excluding hydrogens is 207 g/mol. The largest absolute Gasteiger partial charge is 0.310 e. The molecular formula is C9H10Cl2N2. The summed E-state index contributed by atoms with van der Waals surface area (Å²) in [5.74, 6) is 0. The van der Waals surface area contributed by atoms with E-state index in [4.69, 9.17) is 23.2 Å². The molecule has 13 heavy (non-hydrogen) atoms. The third-order valence-electron chi connectivity index (χ3n) is 2.28. The van der Waals surface area contributed by atoms with Crippen molar-refractivity contribution < 1.29 is 0 Å². The van der Waals surface area contributed by atoms with Crippen LogP contribution in [0.25, 0.3) is 0 Å². The first kappa shape index (κ1) is 9.25. The maximum absolute atomic E-state index is 6.05. The van der Waals surface area contributed by atoms with Crippen molar-refractivity contribution in [2.75, 3.05) is 6.54 Å². The molecule has 0 radical (unpaired) electrons. The molecule has 0 amide bonds. The standard InChI is InChI=1S/C9H10Cl2N2/c10-7-4-9(11)13-5-6(7)8-2-1-3-12-8/h4-5,8,12H,1-3H2. The predicted octanol–water partition coefficient (Wildman–Crippen LogP) is 2.81. The Morgan fingerprint density at radius 3 is 2.92 bits per heavy atom. The first-order valence-electron chi connectivity index (χ1n) is 4.31. The van der Waals surface area contributed by atoms with E-state index >= 15 is 0 Å². The number of pyridine rings is 1. The molecule has 1 aliphatic rings. The zero-order valence-electron chi connectivity index (χ0n) is 7.06. The Balaban J connectivity index is 2.29. The van der Waals surface area contributed by atoms with E-state index in [9.17, 15) is 0 Å². The number of aromatic nitrogens is 1. The normalized spacial score (nSPS) is 22.2. The minimum absolute atomic E-state index is 0.359. The van der Waals surface area contributed by atoms with Gasteiger partial charge < -0.3 is 5.32 Å². The second-order valence-electron chi connectivity index (χ2n) is 3.18. The lowest BCUT2D eigenvalue weighted by atomic mass is 10.1. The molecule has 1 fully saturated rings. The number of halogens is 2. The molecule has 1 N–H and O–H groups in total. The van der Waals surface area contributed by atoms with Gasteiger partial charge in [0.15, 0.2) is 0 Å². The van der Waals surface area contributed by atoms with Gasteiger partial charge in [0, 0.05) is 22.8 Å². The fraction of sp³-hybridized carbons (Fsp3) is 0.444. The van der Waals surface area contributed by atoms with Gasteiger partial charge in [-0.15, -0.1) is 0 Å². The highest BCUT2D eigenvalue weighted by Gasteiger charge is 2.18. The zero-order valence-corrected chi connectivity index (χ0v) is 8.57. The van der Waals surface area contributed by atoms with Crippen LogP contribution in [0.1, 0.15) is 24.4 Å². The summed E-state index contributed by atoms with van der Waals surface area (Å²) in [6.07, 6.45) is 4.08. The van der Waals surface area contributed by atoms with E-state index in [1.54, 1.807) is 12.3 Å². The summed E-state index contributed by atoms with van der Waals surface area (Å²) in [5, 5.41) is 4.52. The van der Waals surface area contributed by atoms with Crippen molar-refractivity contribution in [3.05, 3.63) is 28.0 Å². The number of rotatable bonds is 1. The van der Waals surface area contributed by atoms with Crippen LogP contribution in [0.4, 0.5) is 0 Å². The Labute approximate surface area is 87.3 Å². The van der Waals surface area contributed by atoms with Crippen LogP contribution >= 0.6 is 23.2 Å². The number of hydrogen-bond donors (Lipinski definition) is 1. The fourth-order valence-corrected chi connectivity index (χ4v) is 2.12. The van der Waals surface area contributed by atoms with Crippen LogP contribution in [0, 0.1) is 0 Å². The van der Waals surface area contributed by atoms with E-state index in [0.29, 0.717) is 16.2 Å². The second kappa shape index (κ2) is 3.82. The number of nitrogens with one attached hydrogen (secondary N) is 1. The molecule has 0 bridgehead atoms. The molecule has 0 aliphatic carbocycles. The summed E-state index contributed by atoms with van der Waals surface area (Å²) in [6, 6.07) is 2.05. The summed E-state index contributed by atoms with van der Waals surface area (Å²) in [4.78, 5) is 4.03. The molecule has 1 saturated heterocycles. The van der Waals surface area contributed by atoms with E-state index < -0.39 is 0 Å². The highest BCUT2D eigenvalue weighted by Crippen LogP contribution is 2.29. The van der Waals surface area contributed by atoms with Gasteiger partial charge in [-0.05, 0) is 25.5 Å². The van der Waals surface area contributed by atoms with Crippen molar-refractivity contribution in [1.29, 1.82) is 0 Å². The summed E-state index contributed by atoms with van der Waals surface area (Å²) in [5.41, 5.74) is 1.06. The maximum Gasteiger partial charge on any atom is 0.130 e. The monoisotopic (exact) mass is 216 g/mol. The second-order valence-corrected chi connectivity index (χ2v) is 3.97. The molecule has 70 valence electrons. The molecule has 1 aromatic heterocycles. The molecule has 1 atom stereocenters. The molecule has 1 aromatic rings. The average molecular weight is 217 g/mol. The van der Waals surface area contributed by atoms with Crippen LogP contribution in [-0.2, 0) is 0 Å². The summed E-state index contributed by atoms with van der Waals surface area (Å²) < 4.78 is 0. The average Bonchev–Trinajstić information content (AvgIpc) is 2.56. The van der Waals surface area contributed by atoms with Crippen molar-refractivity contribution in [2.45, 2.75) is 18.9 Å². The van der Waals surface area contributed by atoms with E-state index in [-0.39, 0.29) is 0 Å². The van der Waals surface area contributed by atoms with Crippen molar-refractivity contribution in [3.63, 3.8) is 0 Å². The van der Waals surface area contributed by atoms with E-state index in [1.165, 1.54) is 6.42 Å². The third-order valence-corrected chi connectivity index (χ3v) is 2.82. The minimum atomic E-state index is 0.359. The molecule has 1 unspecified atom stereocenters. The molecule has 2 heterocycles. The number of nitrogens with zero attached hydrogens (tertiary/aromatic N) is 1. The topological polar surface area (TPSA) is 24.9 Å². The Hall–Kier alpha value is -0.310. The Morgan fingerprint density at radius 2 is 2.31 bits per heavy atom. The summed E-state index contributed by atoms with van der Waals surface area (Å²) >= 11 is 11.8. The molecule has 0 aromatic carbocycles. The van der Waals surface area contributed by atoms with Gasteiger partial charge in [0.05, 0.1) is 0 Å². The third kappa shape index (κ3) is 1.96. The quantitative estimate of drug-likeness (QED) is 0.731. The predicted molar refractivity (Wildman–Crippen MR) is 54.2 cm³/mol. The van der Waals surface area contributed by atoms with Gasteiger partial charge in [0.1, 0.15) is 5.15 Å². The molecule has 2 nitrogen and oxygen atoms in total. The SMILES string of the molecule is Clc1cc(Cl)c(C2CCCN2)cn1. The van der Waals surface area contributed by atoms with Crippen LogP contribution in [0.2, 0.25) is 10.2 Å². The Kier molecular flexibility index (Phi) is 2.72. The first-order chi connectivity index (χ1) is 6.27. The van der Waals surface area contributed by atoms with E-state index in [2.05, 4.69) is 10.3 Å². The molecule has 1 aliphatic heterocycles. The van der Waals surface area contributed by atoms with Crippen molar-refractivity contribution >= 4 is 23.2 Å². The van der Waals surface area contributed by atoms with Crippen LogP contribution in [0.5, 0.6) is 0 Å². The van der Waals surface area contributed by atoms with Gasteiger partial charge in [-0.1, -0.05) is 23.2 Å². The smallest absolute Gasteiger partial charge is 0.130 e. The van der Waals surface area contributed by atoms with Crippen molar-refractivity contribution in [2.24, 2.45) is 0 Å². The van der Waals surface area contributed by atoms with Crippen LogP contribution in [0.3, 0.4) is 0 Å². The highest BCUT2D eigenvalue weighted by molar-refractivity contribution is 6.34. The molecule has 0 saturated carbocycles. The van der Waals surface area contributed by atoms with Crippen LogP contribution < -0.4 is 5.32 Å². The van der Waals surface area contributed by atoms with Crippen molar-refractivity contribution in [3.8, 4) is 0 Å². The molecule has 2 rings (SSSR count). The first-order valence-corrected chi connectivity index (χ1v) is 5.07. The maximum atomic E-state index is 6.05. The van der Waals surface area contributed by atoms with Gasteiger partial charge in [-0.2, -0.15) is 0 Å². The van der Waals surface area contributed by atoms with Gasteiger partial charge in [0.2, 0.25) is 0 Å².